The highest BCUT2D eigenvalue weighted by Crippen LogP contribution is 2.39. The van der Waals surface area contributed by atoms with Crippen LogP contribution < -0.4 is 0 Å². The molecule has 2 heterocycles. The van der Waals surface area contributed by atoms with Gasteiger partial charge in [0.2, 0.25) is 0 Å². The number of carbonyl (C=O) groups excluding carboxylic acids is 1. The standard InChI is InChI=1S/C19H30N2O3/c1-13(19(5,6)23)14-9-10-20-12-15(14)16-8-7-11-21(16)17(22)24-18(2,3)4/h9-10,12-13,16,23H,7-8,11H2,1-6H3. The number of hydrogen-bond donors (Lipinski definition) is 1. The van der Waals surface area contributed by atoms with Crippen LogP contribution in [0.5, 0.6) is 0 Å². The molecule has 0 aliphatic carbocycles. The maximum Gasteiger partial charge on any atom is 0.410 e. The predicted molar refractivity (Wildman–Crippen MR) is 93.9 cm³/mol. The average molecular weight is 334 g/mol. The minimum absolute atomic E-state index is 0.0478. The number of rotatable bonds is 3. The van der Waals surface area contributed by atoms with Crippen molar-refractivity contribution in [1.29, 1.82) is 0 Å². The molecule has 1 fully saturated rings. The lowest BCUT2D eigenvalue weighted by Crippen LogP contribution is -2.37. The van der Waals surface area contributed by atoms with E-state index in [2.05, 4.69) is 4.98 Å². The Kier molecular flexibility index (Phi) is 5.23. The molecule has 1 amide bonds. The van der Waals surface area contributed by atoms with Crippen LogP contribution in [-0.4, -0.2) is 38.8 Å². The van der Waals surface area contributed by atoms with Gasteiger partial charge >= 0.3 is 6.09 Å². The van der Waals surface area contributed by atoms with Gasteiger partial charge in [-0.15, -0.1) is 0 Å². The van der Waals surface area contributed by atoms with Crippen molar-refractivity contribution in [2.75, 3.05) is 6.54 Å². The Labute approximate surface area is 145 Å². The minimum Gasteiger partial charge on any atom is -0.444 e. The normalized spacial score (nSPS) is 20.1. The first-order valence-corrected chi connectivity index (χ1v) is 8.66. The third-order valence-electron chi connectivity index (χ3n) is 4.65. The van der Waals surface area contributed by atoms with Crippen LogP contribution in [0, 0.1) is 0 Å². The zero-order chi connectivity index (χ0) is 18.1. The summed E-state index contributed by atoms with van der Waals surface area (Å²) in [6, 6.07) is 1.90. The molecule has 1 saturated heterocycles. The summed E-state index contributed by atoms with van der Waals surface area (Å²) in [7, 11) is 0. The summed E-state index contributed by atoms with van der Waals surface area (Å²) < 4.78 is 5.56. The van der Waals surface area contributed by atoms with E-state index in [1.54, 1.807) is 11.1 Å². The third kappa shape index (κ3) is 4.26. The molecule has 0 spiro atoms. The maximum absolute atomic E-state index is 12.6. The van der Waals surface area contributed by atoms with Gasteiger partial charge in [0, 0.05) is 24.9 Å². The lowest BCUT2D eigenvalue weighted by molar-refractivity contribution is 0.0221. The monoisotopic (exact) mass is 334 g/mol. The molecular weight excluding hydrogens is 304 g/mol. The molecule has 0 bridgehead atoms. The lowest BCUT2D eigenvalue weighted by atomic mass is 9.83. The highest BCUT2D eigenvalue weighted by molar-refractivity contribution is 5.69. The number of nitrogens with zero attached hydrogens (tertiary/aromatic N) is 2. The lowest BCUT2D eigenvalue weighted by Gasteiger charge is -2.32. The van der Waals surface area contributed by atoms with Crippen LogP contribution in [0.2, 0.25) is 0 Å². The van der Waals surface area contributed by atoms with E-state index in [0.29, 0.717) is 6.54 Å². The van der Waals surface area contributed by atoms with E-state index in [4.69, 9.17) is 4.74 Å². The molecule has 134 valence electrons. The fourth-order valence-corrected chi connectivity index (χ4v) is 3.10. The van der Waals surface area contributed by atoms with Crippen LogP contribution in [-0.2, 0) is 4.74 Å². The maximum atomic E-state index is 12.6. The molecule has 5 nitrogen and oxygen atoms in total. The topological polar surface area (TPSA) is 62.7 Å². The van der Waals surface area contributed by atoms with E-state index >= 15 is 0 Å². The summed E-state index contributed by atoms with van der Waals surface area (Å²) in [5.41, 5.74) is 0.696. The largest absolute Gasteiger partial charge is 0.444 e. The van der Waals surface area contributed by atoms with Crippen molar-refractivity contribution in [3.05, 3.63) is 29.6 Å². The average Bonchev–Trinajstić information content (AvgIpc) is 2.93. The molecule has 5 heteroatoms. The van der Waals surface area contributed by atoms with E-state index < -0.39 is 11.2 Å². The molecule has 2 unspecified atom stereocenters. The van der Waals surface area contributed by atoms with Gasteiger partial charge in [0.25, 0.3) is 0 Å². The summed E-state index contributed by atoms with van der Waals surface area (Å²) in [6.07, 6.45) is 5.11. The Hall–Kier alpha value is -1.62. The first-order valence-electron chi connectivity index (χ1n) is 8.66. The molecule has 1 aromatic rings. The van der Waals surface area contributed by atoms with E-state index in [9.17, 15) is 9.90 Å². The van der Waals surface area contributed by atoms with Gasteiger partial charge in [-0.2, -0.15) is 0 Å². The van der Waals surface area contributed by atoms with Crippen molar-refractivity contribution >= 4 is 6.09 Å². The molecule has 1 aliphatic rings. The van der Waals surface area contributed by atoms with Gasteiger partial charge in [-0.1, -0.05) is 6.92 Å². The molecule has 0 aromatic carbocycles. The SMILES string of the molecule is CC(c1ccncc1C1CCCN1C(=O)OC(C)(C)C)C(C)(C)O. The van der Waals surface area contributed by atoms with Crippen LogP contribution in [0.1, 0.15) is 77.5 Å². The highest BCUT2D eigenvalue weighted by atomic mass is 16.6. The molecule has 2 atom stereocenters. The van der Waals surface area contributed by atoms with E-state index in [1.807, 2.05) is 53.8 Å². The van der Waals surface area contributed by atoms with E-state index in [1.165, 1.54) is 0 Å². The fourth-order valence-electron chi connectivity index (χ4n) is 3.10. The molecule has 24 heavy (non-hydrogen) atoms. The second-order valence-electron chi connectivity index (χ2n) is 8.21. The summed E-state index contributed by atoms with van der Waals surface area (Å²) in [5, 5.41) is 10.4. The Balaban J connectivity index is 2.32. The number of aromatic nitrogens is 1. The zero-order valence-corrected chi connectivity index (χ0v) is 15.7. The van der Waals surface area contributed by atoms with Gasteiger partial charge in [-0.25, -0.2) is 4.79 Å². The van der Waals surface area contributed by atoms with Crippen molar-refractivity contribution in [3.63, 3.8) is 0 Å². The Morgan fingerprint density at radius 3 is 2.62 bits per heavy atom. The van der Waals surface area contributed by atoms with Gasteiger partial charge in [0.15, 0.2) is 0 Å². The minimum atomic E-state index is -0.842. The molecule has 2 rings (SSSR count). The smallest absolute Gasteiger partial charge is 0.410 e. The summed E-state index contributed by atoms with van der Waals surface area (Å²) in [6.45, 7) is 11.9. The van der Waals surface area contributed by atoms with Crippen LogP contribution in [0.25, 0.3) is 0 Å². The molecule has 1 aliphatic heterocycles. The molecule has 0 radical (unpaired) electrons. The number of hydrogen-bond acceptors (Lipinski definition) is 4. The van der Waals surface area contributed by atoms with Crippen LogP contribution in [0.15, 0.2) is 18.5 Å². The van der Waals surface area contributed by atoms with Crippen molar-refractivity contribution in [3.8, 4) is 0 Å². The van der Waals surface area contributed by atoms with Gasteiger partial charge in [-0.05, 0) is 64.7 Å². The number of amides is 1. The van der Waals surface area contributed by atoms with Crippen molar-refractivity contribution in [2.45, 2.75) is 77.5 Å². The summed E-state index contributed by atoms with van der Waals surface area (Å²) >= 11 is 0. The molecule has 0 saturated carbocycles. The first kappa shape index (κ1) is 18.7. The van der Waals surface area contributed by atoms with Gasteiger partial charge in [0.1, 0.15) is 5.60 Å². The number of likely N-dealkylation sites (tertiary alicyclic amines) is 1. The van der Waals surface area contributed by atoms with Crippen LogP contribution in [0.3, 0.4) is 0 Å². The quantitative estimate of drug-likeness (QED) is 0.906. The Morgan fingerprint density at radius 2 is 2.04 bits per heavy atom. The third-order valence-corrected chi connectivity index (χ3v) is 4.65. The highest BCUT2D eigenvalue weighted by Gasteiger charge is 2.36. The van der Waals surface area contributed by atoms with Crippen LogP contribution in [0.4, 0.5) is 4.79 Å². The number of pyridine rings is 1. The molecular formula is C19H30N2O3. The van der Waals surface area contributed by atoms with E-state index in [0.717, 1.165) is 24.0 Å². The van der Waals surface area contributed by atoms with Crippen molar-refractivity contribution < 1.29 is 14.6 Å². The Morgan fingerprint density at radius 1 is 1.38 bits per heavy atom. The zero-order valence-electron chi connectivity index (χ0n) is 15.7. The number of carbonyl (C=O) groups is 1. The second-order valence-corrected chi connectivity index (χ2v) is 8.21. The number of ether oxygens (including phenoxy) is 1. The predicted octanol–water partition coefficient (Wildman–Crippen LogP) is 4.03. The number of aliphatic hydroxyl groups is 1. The van der Waals surface area contributed by atoms with Crippen molar-refractivity contribution in [1.82, 2.24) is 9.88 Å². The Bertz CT molecular complexity index is 587. The second kappa shape index (κ2) is 6.71. The van der Waals surface area contributed by atoms with E-state index in [-0.39, 0.29) is 18.1 Å². The first-order chi connectivity index (χ1) is 11.0. The van der Waals surface area contributed by atoms with Crippen molar-refractivity contribution in [2.24, 2.45) is 0 Å². The molecule has 1 N–H and O–H groups in total. The summed E-state index contributed by atoms with van der Waals surface area (Å²) in [5.74, 6) is -0.0587. The van der Waals surface area contributed by atoms with Gasteiger partial charge in [0.05, 0.1) is 11.6 Å². The van der Waals surface area contributed by atoms with Gasteiger partial charge < -0.3 is 14.7 Å². The van der Waals surface area contributed by atoms with Crippen LogP contribution >= 0.6 is 0 Å². The fraction of sp³-hybridized carbons (Fsp3) is 0.684. The molecule has 1 aromatic heterocycles. The van der Waals surface area contributed by atoms with Gasteiger partial charge in [-0.3, -0.25) is 4.98 Å². The summed E-state index contributed by atoms with van der Waals surface area (Å²) in [4.78, 5) is 18.6.